The molecule has 0 aromatic heterocycles. The van der Waals surface area contributed by atoms with E-state index >= 15 is 0 Å². The summed E-state index contributed by atoms with van der Waals surface area (Å²) in [6.45, 7) is 1.92. The van der Waals surface area contributed by atoms with Gasteiger partial charge in [0.1, 0.15) is 0 Å². The summed E-state index contributed by atoms with van der Waals surface area (Å²) < 4.78 is 30.6. The van der Waals surface area contributed by atoms with Gasteiger partial charge in [0.15, 0.2) is 0 Å². The number of ether oxygens (including phenoxy) is 1. The maximum Gasteiger partial charge on any atom is 0.240 e. The molecule has 1 aromatic carbocycles. The van der Waals surface area contributed by atoms with Gasteiger partial charge in [-0.1, -0.05) is 6.07 Å². The zero-order valence-electron chi connectivity index (χ0n) is 10.1. The highest BCUT2D eigenvalue weighted by molar-refractivity contribution is 7.89. The Labute approximate surface area is 106 Å². The van der Waals surface area contributed by atoms with Gasteiger partial charge in [0.05, 0.1) is 17.5 Å². The second kappa shape index (κ2) is 5.94. The molecule has 0 radical (unpaired) electrons. The van der Waals surface area contributed by atoms with E-state index in [1.165, 1.54) is 19.2 Å². The van der Waals surface area contributed by atoms with Crippen molar-refractivity contribution < 1.29 is 23.1 Å². The van der Waals surface area contributed by atoms with Gasteiger partial charge in [-0.15, -0.1) is 0 Å². The molecule has 0 amide bonds. The maximum absolute atomic E-state index is 11.8. The molecular weight excluding hydrogens is 258 g/mol. The van der Waals surface area contributed by atoms with Crippen LogP contribution in [0.1, 0.15) is 15.9 Å². The summed E-state index contributed by atoms with van der Waals surface area (Å²) in [5.41, 5.74) is 0.315. The van der Waals surface area contributed by atoms with E-state index in [4.69, 9.17) is 4.74 Å². The fourth-order valence-corrected chi connectivity index (χ4v) is 2.39. The number of carboxylic acid groups (broad SMARTS) is 1. The van der Waals surface area contributed by atoms with E-state index < -0.39 is 16.0 Å². The molecule has 6 nitrogen and oxygen atoms in total. The monoisotopic (exact) mass is 272 g/mol. The van der Waals surface area contributed by atoms with E-state index in [1.807, 2.05) is 0 Å². The van der Waals surface area contributed by atoms with E-state index in [1.54, 1.807) is 6.92 Å². The predicted octanol–water partition coefficient (Wildman–Crippen LogP) is -0.717. The number of carboxylic acids is 1. The van der Waals surface area contributed by atoms with Crippen LogP contribution in [0.15, 0.2) is 23.1 Å². The fourth-order valence-electron chi connectivity index (χ4n) is 1.35. The van der Waals surface area contributed by atoms with Crippen molar-refractivity contribution in [3.8, 4) is 0 Å². The minimum absolute atomic E-state index is 0.108. The second-order valence-electron chi connectivity index (χ2n) is 3.65. The largest absolute Gasteiger partial charge is 0.545 e. The highest BCUT2D eigenvalue weighted by atomic mass is 32.2. The van der Waals surface area contributed by atoms with Gasteiger partial charge in [0, 0.05) is 19.2 Å². The lowest BCUT2D eigenvalue weighted by molar-refractivity contribution is -0.255. The summed E-state index contributed by atoms with van der Waals surface area (Å²) in [4.78, 5) is 10.7. The quantitative estimate of drug-likeness (QED) is 0.690. The zero-order chi connectivity index (χ0) is 13.8. The summed E-state index contributed by atoms with van der Waals surface area (Å²) in [6.07, 6.45) is 0. The standard InChI is InChI=1S/C11H15NO5S/c1-8-3-4-9(7-10(8)11(13)14)18(15,16)12-5-6-17-2/h3-4,7,12H,5-6H2,1-2H3,(H,13,14)/p-1. The zero-order valence-corrected chi connectivity index (χ0v) is 10.9. The molecule has 0 spiro atoms. The van der Waals surface area contributed by atoms with Crippen LogP contribution < -0.4 is 9.83 Å². The molecule has 1 rings (SSSR count). The normalized spacial score (nSPS) is 11.4. The SMILES string of the molecule is COCCNS(=O)(=O)c1ccc(C)c(C(=O)[O-])c1. The third kappa shape index (κ3) is 3.52. The van der Waals surface area contributed by atoms with Gasteiger partial charge in [0.2, 0.25) is 10.0 Å². The minimum atomic E-state index is -3.73. The smallest absolute Gasteiger partial charge is 0.240 e. The molecule has 0 atom stereocenters. The Hall–Kier alpha value is -1.44. The Morgan fingerprint density at radius 1 is 1.44 bits per heavy atom. The Morgan fingerprint density at radius 3 is 2.67 bits per heavy atom. The molecule has 0 aliphatic carbocycles. The third-order valence-corrected chi connectivity index (χ3v) is 3.80. The van der Waals surface area contributed by atoms with E-state index in [0.29, 0.717) is 5.56 Å². The van der Waals surface area contributed by atoms with Crippen molar-refractivity contribution in [2.45, 2.75) is 11.8 Å². The van der Waals surface area contributed by atoms with Crippen molar-refractivity contribution in [3.05, 3.63) is 29.3 Å². The Kier molecular flexibility index (Phi) is 4.83. The Balaban J connectivity index is 3.02. The highest BCUT2D eigenvalue weighted by Crippen LogP contribution is 2.14. The van der Waals surface area contributed by atoms with Gasteiger partial charge in [-0.05, 0) is 24.6 Å². The highest BCUT2D eigenvalue weighted by Gasteiger charge is 2.14. The molecule has 0 aliphatic rings. The summed E-state index contributed by atoms with van der Waals surface area (Å²) in [5, 5.41) is 10.8. The van der Waals surface area contributed by atoms with Crippen LogP contribution >= 0.6 is 0 Å². The average molecular weight is 272 g/mol. The number of methoxy groups -OCH3 is 1. The molecule has 0 bridgehead atoms. The van der Waals surface area contributed by atoms with E-state index in [2.05, 4.69) is 4.72 Å². The Bertz CT molecular complexity index is 538. The van der Waals surface area contributed by atoms with Crippen LogP contribution in [-0.4, -0.2) is 34.6 Å². The molecule has 0 aliphatic heterocycles. The van der Waals surface area contributed by atoms with E-state index in [0.717, 1.165) is 6.07 Å². The van der Waals surface area contributed by atoms with Gasteiger partial charge >= 0.3 is 0 Å². The van der Waals surface area contributed by atoms with Crippen LogP contribution in [0.4, 0.5) is 0 Å². The number of carbonyl (C=O) groups excluding carboxylic acids is 1. The number of hydrogen-bond acceptors (Lipinski definition) is 5. The molecule has 100 valence electrons. The maximum atomic E-state index is 11.8. The first-order valence-corrected chi connectivity index (χ1v) is 6.67. The minimum Gasteiger partial charge on any atom is -0.545 e. The first-order chi connectivity index (χ1) is 8.38. The van der Waals surface area contributed by atoms with Gasteiger partial charge in [-0.25, -0.2) is 13.1 Å². The topological polar surface area (TPSA) is 95.5 Å². The number of benzene rings is 1. The van der Waals surface area contributed by atoms with Crippen molar-refractivity contribution in [1.82, 2.24) is 4.72 Å². The van der Waals surface area contributed by atoms with Gasteiger partial charge < -0.3 is 14.6 Å². The molecule has 0 saturated heterocycles. The average Bonchev–Trinajstić information content (AvgIpc) is 2.29. The summed E-state index contributed by atoms with van der Waals surface area (Å²) in [5.74, 6) is -1.40. The number of rotatable bonds is 6. The van der Waals surface area contributed by atoms with Crippen molar-refractivity contribution in [2.24, 2.45) is 0 Å². The van der Waals surface area contributed by atoms with Crippen molar-refractivity contribution in [1.29, 1.82) is 0 Å². The van der Waals surface area contributed by atoms with Crippen molar-refractivity contribution >= 4 is 16.0 Å². The lowest BCUT2D eigenvalue weighted by atomic mass is 10.1. The molecular formula is C11H14NO5S-. The number of nitrogens with one attached hydrogen (secondary N) is 1. The summed E-state index contributed by atoms with van der Waals surface area (Å²) >= 11 is 0. The van der Waals surface area contributed by atoms with Crippen molar-refractivity contribution in [3.63, 3.8) is 0 Å². The van der Waals surface area contributed by atoms with Crippen LogP contribution in [0.5, 0.6) is 0 Å². The molecule has 0 saturated carbocycles. The summed E-state index contributed by atoms with van der Waals surface area (Å²) in [7, 11) is -2.27. The summed E-state index contributed by atoms with van der Waals surface area (Å²) in [6, 6.07) is 3.85. The number of sulfonamides is 1. The van der Waals surface area contributed by atoms with Crippen LogP contribution in [0.3, 0.4) is 0 Å². The molecule has 1 N–H and O–H groups in total. The third-order valence-electron chi connectivity index (χ3n) is 2.34. The van der Waals surface area contributed by atoms with Crippen LogP contribution in [-0.2, 0) is 14.8 Å². The lowest BCUT2D eigenvalue weighted by Crippen LogP contribution is -2.28. The number of hydrogen-bond donors (Lipinski definition) is 1. The first-order valence-electron chi connectivity index (χ1n) is 5.19. The van der Waals surface area contributed by atoms with Gasteiger partial charge in [-0.2, -0.15) is 0 Å². The predicted molar refractivity (Wildman–Crippen MR) is 62.6 cm³/mol. The van der Waals surface area contributed by atoms with Crippen LogP contribution in [0, 0.1) is 6.92 Å². The Morgan fingerprint density at radius 2 is 2.11 bits per heavy atom. The van der Waals surface area contributed by atoms with E-state index in [9.17, 15) is 18.3 Å². The molecule has 0 heterocycles. The first kappa shape index (κ1) is 14.6. The number of aryl methyl sites for hydroxylation is 1. The van der Waals surface area contributed by atoms with Gasteiger partial charge in [-0.3, -0.25) is 0 Å². The number of aromatic carboxylic acids is 1. The van der Waals surface area contributed by atoms with E-state index in [-0.39, 0.29) is 23.6 Å². The molecule has 0 unspecified atom stereocenters. The second-order valence-corrected chi connectivity index (χ2v) is 5.42. The molecule has 18 heavy (non-hydrogen) atoms. The molecule has 0 fully saturated rings. The van der Waals surface area contributed by atoms with Crippen LogP contribution in [0.25, 0.3) is 0 Å². The molecule has 1 aromatic rings. The van der Waals surface area contributed by atoms with Crippen LogP contribution in [0.2, 0.25) is 0 Å². The molecule has 7 heteroatoms. The van der Waals surface area contributed by atoms with Crippen molar-refractivity contribution in [2.75, 3.05) is 20.3 Å². The number of carbonyl (C=O) groups is 1. The van der Waals surface area contributed by atoms with Gasteiger partial charge in [0.25, 0.3) is 0 Å². The lowest BCUT2D eigenvalue weighted by Gasteiger charge is -2.11. The fraction of sp³-hybridized carbons (Fsp3) is 0.364.